The zero-order valence-electron chi connectivity index (χ0n) is 15.3. The zero-order valence-corrected chi connectivity index (χ0v) is 16.0. The lowest BCUT2D eigenvalue weighted by Crippen LogP contribution is -2.23. The first kappa shape index (κ1) is 18.0. The smallest absolute Gasteiger partial charge is 0.368 e. The van der Waals surface area contributed by atoms with Gasteiger partial charge in [-0.2, -0.15) is 14.5 Å². The Bertz CT molecular complexity index is 1180. The standard InChI is InChI=1S/C19H17ClN6O2/c1-13-5-3-6-17(26-19(27)24(2)22-23-26)15(13)12-28-14-7-8-18(16(20)11-14)25-10-4-9-21-25/h3-11H,12H2,1-2H3. The fraction of sp³-hybridized carbons (Fsp3) is 0.158. The van der Waals surface area contributed by atoms with Crippen LogP contribution in [0.2, 0.25) is 5.02 Å². The monoisotopic (exact) mass is 396 g/mol. The van der Waals surface area contributed by atoms with Crippen LogP contribution < -0.4 is 10.4 Å². The second kappa shape index (κ2) is 7.32. The fourth-order valence-corrected chi connectivity index (χ4v) is 3.12. The first-order chi connectivity index (χ1) is 13.5. The molecule has 0 aliphatic carbocycles. The second-order valence-electron chi connectivity index (χ2n) is 6.22. The molecule has 0 saturated heterocycles. The number of halogens is 1. The van der Waals surface area contributed by atoms with Crippen molar-refractivity contribution in [2.24, 2.45) is 7.05 Å². The summed E-state index contributed by atoms with van der Waals surface area (Å²) in [4.78, 5) is 12.2. The Hall–Kier alpha value is -3.39. The summed E-state index contributed by atoms with van der Waals surface area (Å²) in [6, 6.07) is 12.9. The van der Waals surface area contributed by atoms with Crippen LogP contribution in [-0.2, 0) is 13.7 Å². The topological polar surface area (TPSA) is 79.8 Å². The van der Waals surface area contributed by atoms with E-state index in [-0.39, 0.29) is 12.3 Å². The molecule has 0 bridgehead atoms. The summed E-state index contributed by atoms with van der Waals surface area (Å²) >= 11 is 6.38. The van der Waals surface area contributed by atoms with Gasteiger partial charge in [0.05, 0.1) is 16.4 Å². The Kier molecular flexibility index (Phi) is 4.70. The van der Waals surface area contributed by atoms with Crippen LogP contribution in [-0.4, -0.2) is 29.6 Å². The highest BCUT2D eigenvalue weighted by Gasteiger charge is 2.14. The largest absolute Gasteiger partial charge is 0.489 e. The molecule has 8 nitrogen and oxygen atoms in total. The van der Waals surface area contributed by atoms with Crippen LogP contribution in [0.1, 0.15) is 11.1 Å². The van der Waals surface area contributed by atoms with Gasteiger partial charge in [0.2, 0.25) is 0 Å². The Morgan fingerprint density at radius 2 is 1.96 bits per heavy atom. The molecule has 0 atom stereocenters. The number of hydrogen-bond donors (Lipinski definition) is 0. The SMILES string of the molecule is Cc1cccc(-n2nnn(C)c2=O)c1COc1ccc(-n2cccn2)c(Cl)c1. The molecule has 0 saturated carbocycles. The number of aromatic nitrogens is 6. The minimum Gasteiger partial charge on any atom is -0.489 e. The van der Waals surface area contributed by atoms with Crippen molar-refractivity contribution in [2.45, 2.75) is 13.5 Å². The number of benzene rings is 2. The quantitative estimate of drug-likeness (QED) is 0.518. The van der Waals surface area contributed by atoms with E-state index in [4.69, 9.17) is 16.3 Å². The first-order valence-electron chi connectivity index (χ1n) is 8.55. The van der Waals surface area contributed by atoms with Crippen molar-refractivity contribution in [3.05, 3.63) is 81.5 Å². The summed E-state index contributed by atoms with van der Waals surface area (Å²) < 4.78 is 10.1. The molecule has 142 valence electrons. The lowest BCUT2D eigenvalue weighted by Gasteiger charge is -2.14. The van der Waals surface area contributed by atoms with Gasteiger partial charge in [-0.3, -0.25) is 0 Å². The molecule has 0 spiro atoms. The minimum absolute atomic E-state index is 0.252. The van der Waals surface area contributed by atoms with Crippen LogP contribution in [0.15, 0.2) is 59.7 Å². The lowest BCUT2D eigenvalue weighted by molar-refractivity contribution is 0.304. The van der Waals surface area contributed by atoms with E-state index in [9.17, 15) is 4.79 Å². The highest BCUT2D eigenvalue weighted by molar-refractivity contribution is 6.32. The maximum atomic E-state index is 12.2. The van der Waals surface area contributed by atoms with Crippen molar-refractivity contribution in [1.29, 1.82) is 0 Å². The Labute approximate surface area is 165 Å². The van der Waals surface area contributed by atoms with E-state index < -0.39 is 0 Å². The third kappa shape index (κ3) is 3.29. The molecule has 2 heterocycles. The molecule has 0 aliphatic rings. The summed E-state index contributed by atoms with van der Waals surface area (Å²) in [7, 11) is 1.56. The summed E-state index contributed by atoms with van der Waals surface area (Å²) in [5.41, 5.74) is 2.91. The number of nitrogens with zero attached hydrogens (tertiary/aromatic N) is 6. The number of tetrazole rings is 1. The Morgan fingerprint density at radius 3 is 2.64 bits per heavy atom. The average molecular weight is 397 g/mol. The van der Waals surface area contributed by atoms with Gasteiger partial charge < -0.3 is 4.74 Å². The number of aryl methyl sites for hydroxylation is 2. The van der Waals surface area contributed by atoms with E-state index in [0.717, 1.165) is 16.8 Å². The average Bonchev–Trinajstić information content (AvgIpc) is 3.32. The molecule has 0 unspecified atom stereocenters. The van der Waals surface area contributed by atoms with E-state index in [1.54, 1.807) is 24.0 Å². The van der Waals surface area contributed by atoms with Crippen LogP contribution in [0.4, 0.5) is 0 Å². The second-order valence-corrected chi connectivity index (χ2v) is 6.63. The zero-order chi connectivity index (χ0) is 19.7. The molecule has 0 aliphatic heterocycles. The van der Waals surface area contributed by atoms with Crippen LogP contribution in [0.5, 0.6) is 5.75 Å². The van der Waals surface area contributed by atoms with E-state index in [1.165, 1.54) is 9.36 Å². The van der Waals surface area contributed by atoms with Crippen molar-refractivity contribution < 1.29 is 4.74 Å². The maximum absolute atomic E-state index is 12.2. The normalized spacial score (nSPS) is 11.0. The van der Waals surface area contributed by atoms with E-state index in [0.29, 0.717) is 16.5 Å². The molecule has 0 radical (unpaired) electrons. The van der Waals surface area contributed by atoms with Crippen LogP contribution in [0, 0.1) is 6.92 Å². The molecule has 4 rings (SSSR count). The predicted molar refractivity (Wildman–Crippen MR) is 104 cm³/mol. The molecule has 0 fully saturated rings. The molecule has 2 aromatic heterocycles. The summed E-state index contributed by atoms with van der Waals surface area (Å²) in [5.74, 6) is 0.613. The molecule has 0 N–H and O–H groups in total. The minimum atomic E-state index is -0.321. The van der Waals surface area contributed by atoms with E-state index in [2.05, 4.69) is 15.5 Å². The summed E-state index contributed by atoms with van der Waals surface area (Å²) in [6.45, 7) is 2.21. The molecular formula is C19H17ClN6O2. The number of hydrogen-bond acceptors (Lipinski definition) is 5. The van der Waals surface area contributed by atoms with Crippen molar-refractivity contribution in [3.63, 3.8) is 0 Å². The van der Waals surface area contributed by atoms with E-state index in [1.807, 2.05) is 49.5 Å². The molecule has 28 heavy (non-hydrogen) atoms. The fourth-order valence-electron chi connectivity index (χ4n) is 2.87. The van der Waals surface area contributed by atoms with Crippen LogP contribution in [0.25, 0.3) is 11.4 Å². The first-order valence-corrected chi connectivity index (χ1v) is 8.92. The summed E-state index contributed by atoms with van der Waals surface area (Å²) in [6.07, 6.45) is 3.51. The summed E-state index contributed by atoms with van der Waals surface area (Å²) in [5, 5.41) is 12.4. The predicted octanol–water partition coefficient (Wildman–Crippen LogP) is 2.69. The third-order valence-corrected chi connectivity index (χ3v) is 4.69. The van der Waals surface area contributed by atoms with Gasteiger partial charge in [0.25, 0.3) is 0 Å². The van der Waals surface area contributed by atoms with Gasteiger partial charge in [-0.05, 0) is 47.2 Å². The van der Waals surface area contributed by atoms with Gasteiger partial charge in [0.15, 0.2) is 0 Å². The third-order valence-electron chi connectivity index (χ3n) is 4.39. The Balaban J connectivity index is 1.62. The van der Waals surface area contributed by atoms with Gasteiger partial charge in [-0.15, -0.1) is 0 Å². The Morgan fingerprint density at radius 1 is 1.11 bits per heavy atom. The number of ether oxygens (including phenoxy) is 1. The van der Waals surface area contributed by atoms with Gasteiger partial charge in [0, 0.05) is 31.1 Å². The van der Waals surface area contributed by atoms with Gasteiger partial charge in [-0.25, -0.2) is 9.48 Å². The number of rotatable bonds is 5. The van der Waals surface area contributed by atoms with Gasteiger partial charge in [-0.1, -0.05) is 23.7 Å². The van der Waals surface area contributed by atoms with Crippen molar-refractivity contribution in [2.75, 3.05) is 0 Å². The molecule has 2 aromatic carbocycles. The highest BCUT2D eigenvalue weighted by atomic mass is 35.5. The molecule has 4 aromatic rings. The maximum Gasteiger partial charge on any atom is 0.368 e. The lowest BCUT2D eigenvalue weighted by atomic mass is 10.1. The van der Waals surface area contributed by atoms with Crippen LogP contribution >= 0.6 is 11.6 Å². The molecular weight excluding hydrogens is 380 g/mol. The van der Waals surface area contributed by atoms with Crippen molar-refractivity contribution in [1.82, 2.24) is 29.6 Å². The van der Waals surface area contributed by atoms with E-state index >= 15 is 0 Å². The van der Waals surface area contributed by atoms with Gasteiger partial charge in [0.1, 0.15) is 12.4 Å². The molecule has 9 heteroatoms. The van der Waals surface area contributed by atoms with Crippen LogP contribution in [0.3, 0.4) is 0 Å². The highest BCUT2D eigenvalue weighted by Crippen LogP contribution is 2.27. The van der Waals surface area contributed by atoms with Crippen molar-refractivity contribution >= 4 is 11.6 Å². The van der Waals surface area contributed by atoms with Crippen molar-refractivity contribution in [3.8, 4) is 17.1 Å². The molecule has 0 amide bonds. The van der Waals surface area contributed by atoms with Gasteiger partial charge >= 0.3 is 5.69 Å².